The SMILES string of the molecule is CN(C)Cc1cc([C@H]2CCCN2C(=O)CCOc2ccccc2)ccn1. The number of carbonyl (C=O) groups is 1. The van der Waals surface area contributed by atoms with Gasteiger partial charge in [0.1, 0.15) is 5.75 Å². The molecule has 138 valence electrons. The summed E-state index contributed by atoms with van der Waals surface area (Å²) in [6.07, 6.45) is 4.31. The predicted molar refractivity (Wildman–Crippen MR) is 102 cm³/mol. The number of nitrogens with zero attached hydrogens (tertiary/aromatic N) is 3. The van der Waals surface area contributed by atoms with Crippen LogP contribution in [0.1, 0.15) is 36.6 Å². The van der Waals surface area contributed by atoms with Crippen molar-refractivity contribution in [3.63, 3.8) is 0 Å². The minimum atomic E-state index is 0.156. The van der Waals surface area contributed by atoms with Crippen molar-refractivity contribution >= 4 is 5.91 Å². The smallest absolute Gasteiger partial charge is 0.226 e. The summed E-state index contributed by atoms with van der Waals surface area (Å²) in [7, 11) is 4.07. The van der Waals surface area contributed by atoms with Crippen LogP contribution in [-0.4, -0.2) is 47.9 Å². The van der Waals surface area contributed by atoms with E-state index in [9.17, 15) is 4.79 Å². The van der Waals surface area contributed by atoms with E-state index in [2.05, 4.69) is 16.0 Å². The number of likely N-dealkylation sites (tertiary alicyclic amines) is 1. The molecule has 2 aromatic rings. The highest BCUT2D eigenvalue weighted by atomic mass is 16.5. The van der Waals surface area contributed by atoms with Gasteiger partial charge in [-0.15, -0.1) is 0 Å². The van der Waals surface area contributed by atoms with E-state index in [1.54, 1.807) is 0 Å². The summed E-state index contributed by atoms with van der Waals surface area (Å²) in [5.74, 6) is 0.968. The standard InChI is InChI=1S/C21H27N3O2/c1-23(2)16-18-15-17(10-12-22-18)20-9-6-13-24(20)21(25)11-14-26-19-7-4-3-5-8-19/h3-5,7-8,10,12,15,20H,6,9,11,13-14,16H2,1-2H3/t20-/m1/s1. The lowest BCUT2D eigenvalue weighted by atomic mass is 10.0. The number of ether oxygens (including phenoxy) is 1. The van der Waals surface area contributed by atoms with E-state index >= 15 is 0 Å². The molecule has 1 aliphatic rings. The Kier molecular flexibility index (Phi) is 6.23. The molecule has 0 bridgehead atoms. The van der Waals surface area contributed by atoms with Crippen LogP contribution in [0.25, 0.3) is 0 Å². The van der Waals surface area contributed by atoms with E-state index in [-0.39, 0.29) is 11.9 Å². The molecule has 1 amide bonds. The van der Waals surface area contributed by atoms with Crippen LogP contribution in [0, 0.1) is 0 Å². The molecule has 0 unspecified atom stereocenters. The Morgan fingerprint density at radius 2 is 2.08 bits per heavy atom. The maximum atomic E-state index is 12.7. The van der Waals surface area contributed by atoms with E-state index in [0.29, 0.717) is 13.0 Å². The fourth-order valence-electron chi connectivity index (χ4n) is 3.44. The molecule has 0 radical (unpaired) electrons. The Morgan fingerprint density at radius 3 is 2.85 bits per heavy atom. The Bertz CT molecular complexity index is 718. The summed E-state index contributed by atoms with van der Waals surface area (Å²) < 4.78 is 5.68. The highest BCUT2D eigenvalue weighted by Crippen LogP contribution is 2.32. The number of hydrogen-bond acceptors (Lipinski definition) is 4. The number of hydrogen-bond donors (Lipinski definition) is 0. The normalized spacial score (nSPS) is 16.9. The van der Waals surface area contributed by atoms with Gasteiger partial charge in [0, 0.05) is 19.3 Å². The van der Waals surface area contributed by atoms with Crippen molar-refractivity contribution in [2.45, 2.75) is 31.8 Å². The lowest BCUT2D eigenvalue weighted by Crippen LogP contribution is -2.31. The molecule has 1 aromatic carbocycles. The van der Waals surface area contributed by atoms with E-state index in [4.69, 9.17) is 4.74 Å². The average Bonchev–Trinajstić information content (AvgIpc) is 3.12. The molecule has 1 aliphatic heterocycles. The van der Waals surface area contributed by atoms with Crippen LogP contribution in [0.5, 0.6) is 5.75 Å². The number of pyridine rings is 1. The molecule has 26 heavy (non-hydrogen) atoms. The van der Waals surface area contributed by atoms with Crippen LogP contribution in [0.4, 0.5) is 0 Å². The van der Waals surface area contributed by atoms with Gasteiger partial charge in [0.15, 0.2) is 0 Å². The summed E-state index contributed by atoms with van der Waals surface area (Å²) in [5, 5.41) is 0. The first kappa shape index (κ1) is 18.4. The Labute approximate surface area is 155 Å². The maximum absolute atomic E-state index is 12.7. The molecular weight excluding hydrogens is 326 g/mol. The van der Waals surface area contributed by atoms with Crippen molar-refractivity contribution in [1.82, 2.24) is 14.8 Å². The molecule has 2 heterocycles. The van der Waals surface area contributed by atoms with Crippen molar-refractivity contribution in [2.75, 3.05) is 27.2 Å². The number of carbonyl (C=O) groups excluding carboxylic acids is 1. The van der Waals surface area contributed by atoms with Crippen molar-refractivity contribution in [3.8, 4) is 5.75 Å². The number of benzene rings is 1. The number of para-hydroxylation sites is 1. The minimum Gasteiger partial charge on any atom is -0.493 e. The summed E-state index contributed by atoms with van der Waals surface area (Å²) in [6, 6.07) is 14.0. The van der Waals surface area contributed by atoms with Crippen LogP contribution in [0.2, 0.25) is 0 Å². The molecule has 1 atom stereocenters. The van der Waals surface area contributed by atoms with Crippen LogP contribution < -0.4 is 4.74 Å². The Balaban J connectivity index is 1.59. The molecule has 0 saturated carbocycles. The second-order valence-corrected chi connectivity index (χ2v) is 6.97. The third kappa shape index (κ3) is 4.82. The molecule has 0 spiro atoms. The Morgan fingerprint density at radius 1 is 1.27 bits per heavy atom. The van der Waals surface area contributed by atoms with Crippen molar-refractivity contribution in [3.05, 3.63) is 59.9 Å². The minimum absolute atomic E-state index is 0.156. The van der Waals surface area contributed by atoms with Gasteiger partial charge in [0.2, 0.25) is 5.91 Å². The topological polar surface area (TPSA) is 45.7 Å². The highest BCUT2D eigenvalue weighted by molar-refractivity contribution is 5.77. The molecule has 1 saturated heterocycles. The zero-order chi connectivity index (χ0) is 18.4. The van der Waals surface area contributed by atoms with Gasteiger partial charge in [0.05, 0.1) is 24.8 Å². The monoisotopic (exact) mass is 353 g/mol. The van der Waals surface area contributed by atoms with E-state index in [1.165, 1.54) is 5.56 Å². The van der Waals surface area contributed by atoms with Crippen LogP contribution in [0.3, 0.4) is 0 Å². The van der Waals surface area contributed by atoms with Gasteiger partial charge in [-0.3, -0.25) is 9.78 Å². The van der Waals surface area contributed by atoms with Gasteiger partial charge >= 0.3 is 0 Å². The number of amides is 1. The Hall–Kier alpha value is -2.40. The van der Waals surface area contributed by atoms with Gasteiger partial charge in [0.25, 0.3) is 0 Å². The summed E-state index contributed by atoms with van der Waals surface area (Å²) in [4.78, 5) is 21.2. The lowest BCUT2D eigenvalue weighted by Gasteiger charge is -2.25. The fourth-order valence-corrected chi connectivity index (χ4v) is 3.44. The molecule has 0 N–H and O–H groups in total. The van der Waals surface area contributed by atoms with Crippen LogP contribution in [0.15, 0.2) is 48.7 Å². The maximum Gasteiger partial charge on any atom is 0.226 e. The molecule has 1 fully saturated rings. The second kappa shape index (κ2) is 8.81. The van der Waals surface area contributed by atoms with Gasteiger partial charge in [-0.05, 0) is 56.8 Å². The number of rotatable bonds is 7. The first-order chi connectivity index (χ1) is 12.6. The molecule has 1 aromatic heterocycles. The predicted octanol–water partition coefficient (Wildman–Crippen LogP) is 3.28. The average molecular weight is 353 g/mol. The summed E-state index contributed by atoms with van der Waals surface area (Å²) in [5.41, 5.74) is 2.23. The highest BCUT2D eigenvalue weighted by Gasteiger charge is 2.29. The third-order valence-electron chi connectivity index (χ3n) is 4.60. The zero-order valence-electron chi connectivity index (χ0n) is 15.6. The first-order valence-corrected chi connectivity index (χ1v) is 9.20. The lowest BCUT2D eigenvalue weighted by molar-refractivity contribution is -0.132. The van der Waals surface area contributed by atoms with E-state index in [1.807, 2.05) is 61.6 Å². The van der Waals surface area contributed by atoms with Crippen LogP contribution in [-0.2, 0) is 11.3 Å². The summed E-state index contributed by atoms with van der Waals surface area (Å²) in [6.45, 7) is 2.04. The molecule has 5 heteroatoms. The zero-order valence-corrected chi connectivity index (χ0v) is 15.6. The van der Waals surface area contributed by atoms with Gasteiger partial charge < -0.3 is 14.5 Å². The van der Waals surface area contributed by atoms with Gasteiger partial charge in [-0.1, -0.05) is 18.2 Å². The van der Waals surface area contributed by atoms with Crippen molar-refractivity contribution < 1.29 is 9.53 Å². The molecule has 5 nitrogen and oxygen atoms in total. The third-order valence-corrected chi connectivity index (χ3v) is 4.60. The number of aromatic nitrogens is 1. The molecule has 3 rings (SSSR count). The van der Waals surface area contributed by atoms with Crippen molar-refractivity contribution in [1.29, 1.82) is 0 Å². The van der Waals surface area contributed by atoms with Crippen molar-refractivity contribution in [2.24, 2.45) is 0 Å². The first-order valence-electron chi connectivity index (χ1n) is 9.20. The summed E-state index contributed by atoms with van der Waals surface area (Å²) >= 11 is 0. The quantitative estimate of drug-likeness (QED) is 0.766. The van der Waals surface area contributed by atoms with Gasteiger partial charge in [-0.25, -0.2) is 0 Å². The van der Waals surface area contributed by atoms with E-state index in [0.717, 1.165) is 37.4 Å². The van der Waals surface area contributed by atoms with E-state index < -0.39 is 0 Å². The van der Waals surface area contributed by atoms with Gasteiger partial charge in [-0.2, -0.15) is 0 Å². The fraction of sp³-hybridized carbons (Fsp3) is 0.429. The molecular formula is C21H27N3O2. The molecule has 0 aliphatic carbocycles. The largest absolute Gasteiger partial charge is 0.493 e. The van der Waals surface area contributed by atoms with Crippen LogP contribution >= 0.6 is 0 Å². The second-order valence-electron chi connectivity index (χ2n) is 6.97.